The fourth-order valence-corrected chi connectivity index (χ4v) is 2.96. The van der Waals surface area contributed by atoms with Gasteiger partial charge in [-0.3, -0.25) is 4.79 Å². The molecule has 0 aromatic heterocycles. The van der Waals surface area contributed by atoms with Crippen molar-refractivity contribution in [2.75, 3.05) is 6.61 Å². The summed E-state index contributed by atoms with van der Waals surface area (Å²) in [5, 5.41) is 18.0. The van der Waals surface area contributed by atoms with Gasteiger partial charge in [0.05, 0.1) is 0 Å². The number of unbranched alkanes of at least 4 members (excludes halogenated alkanes) is 10. The Balaban J connectivity index is 3.34. The molecular formula is C19H38O3. The molecule has 3 nitrogen and oxygen atoms in total. The molecule has 0 radical (unpaired) electrons. The van der Waals surface area contributed by atoms with E-state index >= 15 is 0 Å². The standard InChI is InChI=1S/C19H38O3/c1-2-3-4-5-6-8-11-14-18(17-20)15-12-9-7-10-13-16-19(21)22/h18,20H,2-17H2,1H3,(H,21,22). The van der Waals surface area contributed by atoms with E-state index in [0.717, 1.165) is 25.7 Å². The Hall–Kier alpha value is -0.570. The minimum absolute atomic E-state index is 0.303. The number of aliphatic hydroxyl groups is 1. The van der Waals surface area contributed by atoms with Gasteiger partial charge in [0.1, 0.15) is 0 Å². The molecule has 0 spiro atoms. The fourth-order valence-electron chi connectivity index (χ4n) is 2.96. The number of carboxylic acids is 1. The summed E-state index contributed by atoms with van der Waals surface area (Å²) in [5.41, 5.74) is 0. The molecule has 0 bridgehead atoms. The molecule has 0 aliphatic rings. The SMILES string of the molecule is CCCCCCCCCC(CO)CCCCCCCC(=O)O. The summed E-state index contributed by atoms with van der Waals surface area (Å²) >= 11 is 0. The zero-order valence-electron chi connectivity index (χ0n) is 14.7. The van der Waals surface area contributed by atoms with Gasteiger partial charge < -0.3 is 10.2 Å². The monoisotopic (exact) mass is 314 g/mol. The summed E-state index contributed by atoms with van der Waals surface area (Å²) in [4.78, 5) is 10.4. The molecule has 0 aromatic rings. The van der Waals surface area contributed by atoms with Crippen molar-refractivity contribution in [2.45, 2.75) is 103 Å². The Morgan fingerprint density at radius 2 is 1.23 bits per heavy atom. The third-order valence-electron chi connectivity index (χ3n) is 4.48. The van der Waals surface area contributed by atoms with Crippen LogP contribution in [0, 0.1) is 5.92 Å². The highest BCUT2D eigenvalue weighted by molar-refractivity contribution is 5.66. The van der Waals surface area contributed by atoms with Crippen LogP contribution in [0.4, 0.5) is 0 Å². The summed E-state index contributed by atoms with van der Waals surface area (Å²) in [5.74, 6) is -0.204. The van der Waals surface area contributed by atoms with E-state index in [1.54, 1.807) is 0 Å². The van der Waals surface area contributed by atoms with Gasteiger partial charge in [0.15, 0.2) is 0 Å². The molecule has 132 valence electrons. The number of aliphatic carboxylic acids is 1. The van der Waals surface area contributed by atoms with Crippen LogP contribution < -0.4 is 0 Å². The summed E-state index contributed by atoms with van der Waals surface area (Å²) < 4.78 is 0. The molecule has 3 heteroatoms. The molecule has 22 heavy (non-hydrogen) atoms. The summed E-state index contributed by atoms with van der Waals surface area (Å²) in [7, 11) is 0. The van der Waals surface area contributed by atoms with Crippen molar-refractivity contribution in [3.8, 4) is 0 Å². The first-order valence-electron chi connectivity index (χ1n) is 9.53. The second-order valence-corrected chi connectivity index (χ2v) is 6.66. The first-order chi connectivity index (χ1) is 10.7. The molecule has 2 N–H and O–H groups in total. The quantitative estimate of drug-likeness (QED) is 0.346. The van der Waals surface area contributed by atoms with Crippen LogP contribution in [0.5, 0.6) is 0 Å². The van der Waals surface area contributed by atoms with Gasteiger partial charge >= 0.3 is 5.97 Å². The van der Waals surface area contributed by atoms with Crippen molar-refractivity contribution >= 4 is 5.97 Å². The third-order valence-corrected chi connectivity index (χ3v) is 4.48. The van der Waals surface area contributed by atoms with E-state index in [4.69, 9.17) is 5.11 Å². The Bertz CT molecular complexity index is 241. The molecule has 0 heterocycles. The van der Waals surface area contributed by atoms with Gasteiger partial charge in [0.25, 0.3) is 0 Å². The van der Waals surface area contributed by atoms with Crippen LogP contribution in [0.1, 0.15) is 103 Å². The average molecular weight is 315 g/mol. The molecule has 0 saturated carbocycles. The van der Waals surface area contributed by atoms with Crippen molar-refractivity contribution in [1.29, 1.82) is 0 Å². The summed E-state index contributed by atoms with van der Waals surface area (Å²) in [6.07, 6.45) is 17.2. The van der Waals surface area contributed by atoms with Crippen LogP contribution in [0.25, 0.3) is 0 Å². The summed E-state index contributed by atoms with van der Waals surface area (Å²) in [6.45, 7) is 2.58. The van der Waals surface area contributed by atoms with E-state index < -0.39 is 5.97 Å². The van der Waals surface area contributed by atoms with Crippen LogP contribution in [0.15, 0.2) is 0 Å². The van der Waals surface area contributed by atoms with E-state index in [1.807, 2.05) is 0 Å². The van der Waals surface area contributed by atoms with Crippen molar-refractivity contribution in [1.82, 2.24) is 0 Å². The lowest BCUT2D eigenvalue weighted by Crippen LogP contribution is -2.06. The van der Waals surface area contributed by atoms with E-state index in [9.17, 15) is 9.90 Å². The molecule has 0 aromatic carbocycles. The lowest BCUT2D eigenvalue weighted by atomic mass is 9.95. The maximum atomic E-state index is 10.4. The predicted molar refractivity (Wildman–Crippen MR) is 93.1 cm³/mol. The normalized spacial score (nSPS) is 12.5. The van der Waals surface area contributed by atoms with Gasteiger partial charge in [-0.2, -0.15) is 0 Å². The molecule has 1 unspecified atom stereocenters. The highest BCUT2D eigenvalue weighted by Gasteiger charge is 2.07. The molecule has 0 saturated heterocycles. The lowest BCUT2D eigenvalue weighted by Gasteiger charge is -2.13. The van der Waals surface area contributed by atoms with Crippen LogP contribution in [0.2, 0.25) is 0 Å². The molecule has 0 fully saturated rings. The highest BCUT2D eigenvalue weighted by Crippen LogP contribution is 2.18. The van der Waals surface area contributed by atoms with Crippen LogP contribution >= 0.6 is 0 Å². The Labute approximate surface area is 137 Å². The van der Waals surface area contributed by atoms with Crippen molar-refractivity contribution in [2.24, 2.45) is 5.92 Å². The first-order valence-corrected chi connectivity index (χ1v) is 9.53. The third kappa shape index (κ3) is 15.8. The molecule has 0 aliphatic heterocycles. The van der Waals surface area contributed by atoms with Crippen LogP contribution in [-0.4, -0.2) is 22.8 Å². The van der Waals surface area contributed by atoms with E-state index in [-0.39, 0.29) is 0 Å². The second kappa shape index (κ2) is 16.8. The van der Waals surface area contributed by atoms with Gasteiger partial charge in [-0.25, -0.2) is 0 Å². The number of aliphatic hydroxyl groups excluding tert-OH is 1. The number of rotatable bonds is 17. The Morgan fingerprint density at radius 3 is 1.68 bits per heavy atom. The second-order valence-electron chi connectivity index (χ2n) is 6.66. The maximum absolute atomic E-state index is 10.4. The predicted octanol–water partition coefficient (Wildman–Crippen LogP) is 5.55. The molecule has 0 rings (SSSR count). The van der Waals surface area contributed by atoms with Crippen LogP contribution in [-0.2, 0) is 4.79 Å². The van der Waals surface area contributed by atoms with Crippen molar-refractivity contribution in [3.63, 3.8) is 0 Å². The van der Waals surface area contributed by atoms with E-state index in [1.165, 1.54) is 64.2 Å². The molecular weight excluding hydrogens is 276 g/mol. The number of carboxylic acid groups (broad SMARTS) is 1. The maximum Gasteiger partial charge on any atom is 0.303 e. The van der Waals surface area contributed by atoms with E-state index in [2.05, 4.69) is 6.92 Å². The van der Waals surface area contributed by atoms with Gasteiger partial charge in [0.2, 0.25) is 0 Å². The van der Waals surface area contributed by atoms with Gasteiger partial charge in [0, 0.05) is 13.0 Å². The van der Waals surface area contributed by atoms with Crippen molar-refractivity contribution in [3.05, 3.63) is 0 Å². The zero-order valence-corrected chi connectivity index (χ0v) is 14.7. The van der Waals surface area contributed by atoms with E-state index in [0.29, 0.717) is 18.9 Å². The van der Waals surface area contributed by atoms with Gasteiger partial charge in [-0.15, -0.1) is 0 Å². The van der Waals surface area contributed by atoms with Crippen LogP contribution in [0.3, 0.4) is 0 Å². The zero-order chi connectivity index (χ0) is 16.5. The summed E-state index contributed by atoms with van der Waals surface area (Å²) in [6, 6.07) is 0. The fraction of sp³-hybridized carbons (Fsp3) is 0.947. The number of carbonyl (C=O) groups is 1. The number of hydrogen-bond acceptors (Lipinski definition) is 2. The lowest BCUT2D eigenvalue weighted by molar-refractivity contribution is -0.137. The number of hydrogen-bond donors (Lipinski definition) is 2. The van der Waals surface area contributed by atoms with Gasteiger partial charge in [-0.05, 0) is 25.2 Å². The highest BCUT2D eigenvalue weighted by atomic mass is 16.4. The molecule has 1 atom stereocenters. The average Bonchev–Trinajstić information content (AvgIpc) is 2.50. The Morgan fingerprint density at radius 1 is 0.773 bits per heavy atom. The Kier molecular flexibility index (Phi) is 16.4. The topological polar surface area (TPSA) is 57.5 Å². The largest absolute Gasteiger partial charge is 0.481 e. The minimum atomic E-state index is -0.685. The van der Waals surface area contributed by atoms with Crippen molar-refractivity contribution < 1.29 is 15.0 Å². The first kappa shape index (κ1) is 21.4. The smallest absolute Gasteiger partial charge is 0.303 e. The molecule has 0 amide bonds. The molecule has 0 aliphatic carbocycles. The van der Waals surface area contributed by atoms with Gasteiger partial charge in [-0.1, -0.05) is 77.6 Å². The minimum Gasteiger partial charge on any atom is -0.481 e.